The van der Waals surface area contributed by atoms with E-state index >= 15 is 0 Å². The Hall–Kier alpha value is -1.54. The molecule has 1 amide bonds. The fourth-order valence-corrected chi connectivity index (χ4v) is 6.17. The van der Waals surface area contributed by atoms with Crippen molar-refractivity contribution in [1.29, 1.82) is 0 Å². The first-order chi connectivity index (χ1) is 24.5. The molecule has 0 saturated heterocycles. The Balaban J connectivity index is 4.42. The van der Waals surface area contributed by atoms with E-state index in [1.165, 1.54) is 96.3 Å². The Bertz CT molecular complexity index is 975. The second kappa shape index (κ2) is 34.2. The van der Waals surface area contributed by atoms with Crippen molar-refractivity contribution in [1.82, 2.24) is 5.32 Å². The zero-order chi connectivity index (χ0) is 37.9. The summed E-state index contributed by atoms with van der Waals surface area (Å²) in [7, 11) is 1.54. The van der Waals surface area contributed by atoms with Crippen molar-refractivity contribution in [2.45, 2.75) is 174 Å². The molecule has 0 aromatic rings. The van der Waals surface area contributed by atoms with Gasteiger partial charge < -0.3 is 19.8 Å². The van der Waals surface area contributed by atoms with Gasteiger partial charge in [0.15, 0.2) is 0 Å². The van der Waals surface area contributed by atoms with Crippen LogP contribution < -0.4 is 5.32 Å². The van der Waals surface area contributed by atoms with Crippen LogP contribution in [0.3, 0.4) is 0 Å². The van der Waals surface area contributed by atoms with Gasteiger partial charge in [-0.3, -0.25) is 13.8 Å². The molecular formula is C42H80N2O6P+. The summed E-state index contributed by atoms with van der Waals surface area (Å²) in [6.45, 7) is 4.70. The Labute approximate surface area is 314 Å². The van der Waals surface area contributed by atoms with E-state index in [1.807, 2.05) is 27.2 Å². The predicted molar refractivity (Wildman–Crippen MR) is 217 cm³/mol. The average molecular weight is 740 g/mol. The van der Waals surface area contributed by atoms with Crippen LogP contribution in [0.15, 0.2) is 48.6 Å². The minimum Gasteiger partial charge on any atom is -0.387 e. The molecule has 3 N–H and O–H groups in total. The number of carbonyl (C=O) groups is 1. The van der Waals surface area contributed by atoms with E-state index in [9.17, 15) is 19.4 Å². The molecule has 0 aromatic carbocycles. The number of aliphatic hydroxyl groups excluding tert-OH is 1. The normalized spacial score (nSPS) is 15.0. The third-order valence-corrected chi connectivity index (χ3v) is 9.76. The van der Waals surface area contributed by atoms with Gasteiger partial charge in [0.05, 0.1) is 39.9 Å². The first-order valence-electron chi connectivity index (χ1n) is 20.5. The number of likely N-dealkylation sites (N-methyl/N-ethyl adjacent to an activating group) is 1. The topological polar surface area (TPSA) is 105 Å². The fraction of sp³-hybridized carbons (Fsp3) is 0.786. The largest absolute Gasteiger partial charge is 0.472 e. The standard InChI is InChI=1S/C42H79N2O6P/c1-6-8-10-12-14-16-18-19-20-21-22-23-24-25-26-28-30-32-34-36-42(46)43-40(39-50-51(47,48)49-38-37-44(3,4)5)41(45)35-33-31-29-27-17-15-13-11-9-7-2/h14,16-17,19-20,27,33,35,40-41,45H,6-13,15,18,21-26,28-32,34,36-39H2,1-5H3,(H-,43,46,47,48)/p+1/b16-14-,20-19-,27-17+,35-33+. The summed E-state index contributed by atoms with van der Waals surface area (Å²) in [6, 6.07) is -0.863. The van der Waals surface area contributed by atoms with Crippen LogP contribution in [-0.4, -0.2) is 73.4 Å². The quantitative estimate of drug-likeness (QED) is 0.0256. The van der Waals surface area contributed by atoms with E-state index in [0.29, 0.717) is 17.4 Å². The molecule has 9 heteroatoms. The van der Waals surface area contributed by atoms with Crippen molar-refractivity contribution in [3.8, 4) is 0 Å². The highest BCUT2D eigenvalue weighted by Gasteiger charge is 2.27. The summed E-state index contributed by atoms with van der Waals surface area (Å²) in [4.78, 5) is 23.0. The molecule has 51 heavy (non-hydrogen) atoms. The molecule has 0 radical (unpaired) electrons. The summed E-state index contributed by atoms with van der Waals surface area (Å²) in [5.41, 5.74) is 0. The number of carbonyl (C=O) groups excluding carboxylic acids is 1. The van der Waals surface area contributed by atoms with Crippen LogP contribution in [0.25, 0.3) is 0 Å². The lowest BCUT2D eigenvalue weighted by molar-refractivity contribution is -0.870. The fourth-order valence-electron chi connectivity index (χ4n) is 5.44. The molecule has 0 aliphatic carbocycles. The van der Waals surface area contributed by atoms with Crippen molar-refractivity contribution < 1.29 is 32.9 Å². The smallest absolute Gasteiger partial charge is 0.387 e. The molecule has 3 unspecified atom stereocenters. The van der Waals surface area contributed by atoms with E-state index in [4.69, 9.17) is 9.05 Å². The summed E-state index contributed by atoms with van der Waals surface area (Å²) < 4.78 is 23.4. The van der Waals surface area contributed by atoms with Crippen LogP contribution in [0, 0.1) is 0 Å². The summed E-state index contributed by atoms with van der Waals surface area (Å²) in [6.07, 6.45) is 41.8. The van der Waals surface area contributed by atoms with Gasteiger partial charge in [0.1, 0.15) is 13.2 Å². The highest BCUT2D eigenvalue weighted by Crippen LogP contribution is 2.43. The van der Waals surface area contributed by atoms with Gasteiger partial charge in [-0.05, 0) is 64.2 Å². The summed E-state index contributed by atoms with van der Waals surface area (Å²) >= 11 is 0. The maximum Gasteiger partial charge on any atom is 0.472 e. The minimum absolute atomic E-state index is 0.0536. The number of phosphoric ester groups is 1. The van der Waals surface area contributed by atoms with Crippen LogP contribution in [0.1, 0.15) is 162 Å². The van der Waals surface area contributed by atoms with E-state index in [2.05, 4.69) is 55.6 Å². The molecule has 0 aliphatic rings. The summed E-state index contributed by atoms with van der Waals surface area (Å²) in [5, 5.41) is 13.7. The summed E-state index contributed by atoms with van der Waals surface area (Å²) in [5.74, 6) is -0.196. The van der Waals surface area contributed by atoms with Crippen LogP contribution in [0.5, 0.6) is 0 Å². The molecule has 298 valence electrons. The maximum atomic E-state index is 12.8. The third-order valence-electron chi connectivity index (χ3n) is 8.77. The van der Waals surface area contributed by atoms with Crippen molar-refractivity contribution >= 4 is 13.7 Å². The second-order valence-electron chi connectivity index (χ2n) is 15.0. The van der Waals surface area contributed by atoms with Gasteiger partial charge in [0.2, 0.25) is 5.91 Å². The number of rotatable bonds is 36. The number of hydrogen-bond donors (Lipinski definition) is 3. The van der Waals surface area contributed by atoms with Gasteiger partial charge in [-0.15, -0.1) is 0 Å². The molecule has 3 atom stereocenters. The van der Waals surface area contributed by atoms with Crippen LogP contribution in [0.2, 0.25) is 0 Å². The molecule has 0 bridgehead atoms. The van der Waals surface area contributed by atoms with Gasteiger partial charge >= 0.3 is 7.82 Å². The first-order valence-corrected chi connectivity index (χ1v) is 22.0. The van der Waals surface area contributed by atoms with E-state index in [0.717, 1.165) is 44.9 Å². The van der Waals surface area contributed by atoms with E-state index in [-0.39, 0.29) is 19.1 Å². The number of aliphatic hydroxyl groups is 1. The van der Waals surface area contributed by atoms with Gasteiger partial charge in [-0.2, -0.15) is 0 Å². The van der Waals surface area contributed by atoms with Crippen LogP contribution in [-0.2, 0) is 18.4 Å². The monoisotopic (exact) mass is 740 g/mol. The molecule has 0 aliphatic heterocycles. The van der Waals surface area contributed by atoms with Gasteiger partial charge in [0.25, 0.3) is 0 Å². The van der Waals surface area contributed by atoms with Crippen LogP contribution >= 0.6 is 7.82 Å². The third kappa shape index (κ3) is 36.6. The van der Waals surface area contributed by atoms with E-state index < -0.39 is 20.0 Å². The first kappa shape index (κ1) is 49.5. The Morgan fingerprint density at radius 2 is 1.14 bits per heavy atom. The maximum absolute atomic E-state index is 12.8. The molecule has 0 aromatic heterocycles. The molecule has 0 spiro atoms. The van der Waals surface area contributed by atoms with Gasteiger partial charge in [-0.25, -0.2) is 4.57 Å². The van der Waals surface area contributed by atoms with E-state index in [1.54, 1.807) is 6.08 Å². The number of hydrogen-bond acceptors (Lipinski definition) is 5. The Morgan fingerprint density at radius 1 is 0.667 bits per heavy atom. The molecule has 8 nitrogen and oxygen atoms in total. The molecular weight excluding hydrogens is 659 g/mol. The number of phosphoric acid groups is 1. The van der Waals surface area contributed by atoms with Crippen molar-refractivity contribution in [2.24, 2.45) is 0 Å². The zero-order valence-corrected chi connectivity index (χ0v) is 34.5. The second-order valence-corrected chi connectivity index (χ2v) is 16.5. The predicted octanol–water partition coefficient (Wildman–Crippen LogP) is 10.9. The molecule has 0 fully saturated rings. The molecule has 0 saturated carbocycles. The number of quaternary nitrogens is 1. The zero-order valence-electron chi connectivity index (χ0n) is 33.6. The highest BCUT2D eigenvalue weighted by atomic mass is 31.2. The molecule has 0 heterocycles. The average Bonchev–Trinajstić information content (AvgIpc) is 3.07. The highest BCUT2D eigenvalue weighted by molar-refractivity contribution is 7.47. The lowest BCUT2D eigenvalue weighted by atomic mass is 10.1. The Kier molecular flexibility index (Phi) is 33.2. The lowest BCUT2D eigenvalue weighted by Gasteiger charge is -2.25. The minimum atomic E-state index is -4.34. The number of nitrogens with one attached hydrogen (secondary N) is 1. The SMILES string of the molecule is CCCCC/C=C\C/C=C\CCCCCCCCCCCC(=O)NC(COP(=O)(O)OCC[N+](C)(C)C)C(O)/C=C/CC/C=C/CCCCCC. The molecule has 0 rings (SSSR count). The van der Waals surface area contributed by atoms with Gasteiger partial charge in [-0.1, -0.05) is 140 Å². The van der Waals surface area contributed by atoms with Crippen molar-refractivity contribution in [3.63, 3.8) is 0 Å². The number of unbranched alkanes of at least 4 members (excludes halogenated alkanes) is 17. The number of allylic oxidation sites excluding steroid dienone is 7. The number of nitrogens with zero attached hydrogens (tertiary/aromatic N) is 1. The van der Waals surface area contributed by atoms with Crippen LogP contribution in [0.4, 0.5) is 0 Å². The van der Waals surface area contributed by atoms with Crippen molar-refractivity contribution in [3.05, 3.63) is 48.6 Å². The number of amides is 1. The van der Waals surface area contributed by atoms with Crippen molar-refractivity contribution in [2.75, 3.05) is 40.9 Å². The lowest BCUT2D eigenvalue weighted by Crippen LogP contribution is -2.45. The van der Waals surface area contributed by atoms with Gasteiger partial charge in [0, 0.05) is 6.42 Å². The Morgan fingerprint density at radius 3 is 1.73 bits per heavy atom.